The lowest BCUT2D eigenvalue weighted by atomic mass is 10.3. The molecule has 2 N–H and O–H groups in total. The van der Waals surface area contributed by atoms with Crippen LogP contribution >= 0.6 is 0 Å². The lowest BCUT2D eigenvalue weighted by molar-refractivity contribution is -0.384. The molecule has 0 fully saturated rings. The second-order valence-corrected chi connectivity index (χ2v) is 2.77. The van der Waals surface area contributed by atoms with Gasteiger partial charge >= 0.3 is 6.03 Å². The predicted octanol–water partition coefficient (Wildman–Crippen LogP) is 1.24. The Labute approximate surface area is 90.8 Å². The normalized spacial score (nSPS) is 8.94. The highest BCUT2D eigenvalue weighted by Gasteiger charge is 2.07. The van der Waals surface area contributed by atoms with Crippen molar-refractivity contribution in [2.24, 2.45) is 0 Å². The van der Waals surface area contributed by atoms with Crippen molar-refractivity contribution in [3.63, 3.8) is 0 Å². The first kappa shape index (κ1) is 11.5. The third kappa shape index (κ3) is 3.26. The van der Waals surface area contributed by atoms with E-state index >= 15 is 0 Å². The Morgan fingerprint density at radius 1 is 1.56 bits per heavy atom. The van der Waals surface area contributed by atoms with E-state index in [9.17, 15) is 14.9 Å². The SMILES string of the molecule is N#CCNC(=O)Nc1cccc([N+](=O)[O-])c1. The van der Waals surface area contributed by atoms with Crippen LogP contribution in [0.5, 0.6) is 0 Å². The summed E-state index contributed by atoms with van der Waals surface area (Å²) in [5.74, 6) is 0. The predicted molar refractivity (Wildman–Crippen MR) is 55.7 cm³/mol. The molecule has 1 aromatic carbocycles. The Hall–Kier alpha value is -2.62. The number of rotatable bonds is 3. The number of carbonyl (C=O) groups is 1. The molecule has 0 aliphatic carbocycles. The molecule has 1 aromatic rings. The highest BCUT2D eigenvalue weighted by atomic mass is 16.6. The number of nitrogens with one attached hydrogen (secondary N) is 2. The lowest BCUT2D eigenvalue weighted by Gasteiger charge is -2.04. The fraction of sp³-hybridized carbons (Fsp3) is 0.111. The van der Waals surface area contributed by atoms with Gasteiger partial charge in [0, 0.05) is 17.8 Å². The molecule has 0 atom stereocenters. The molecule has 0 saturated heterocycles. The van der Waals surface area contributed by atoms with Crippen molar-refractivity contribution in [3.05, 3.63) is 34.4 Å². The van der Waals surface area contributed by atoms with Crippen LogP contribution in [0.1, 0.15) is 0 Å². The lowest BCUT2D eigenvalue weighted by Crippen LogP contribution is -2.28. The number of anilines is 1. The molecule has 82 valence electrons. The van der Waals surface area contributed by atoms with Crippen LogP contribution in [0.25, 0.3) is 0 Å². The molecule has 0 heterocycles. The fourth-order valence-corrected chi connectivity index (χ4v) is 0.992. The summed E-state index contributed by atoms with van der Waals surface area (Å²) in [6, 6.07) is 6.67. The van der Waals surface area contributed by atoms with E-state index in [1.807, 2.05) is 0 Å². The number of hydrogen-bond acceptors (Lipinski definition) is 4. The first-order chi connectivity index (χ1) is 7.63. The van der Waals surface area contributed by atoms with E-state index in [-0.39, 0.29) is 12.2 Å². The molecule has 7 nitrogen and oxygen atoms in total. The van der Waals surface area contributed by atoms with Gasteiger partial charge in [0.2, 0.25) is 0 Å². The molecule has 1 rings (SSSR count). The standard InChI is InChI=1S/C9H8N4O3/c10-4-5-11-9(14)12-7-2-1-3-8(6-7)13(15)16/h1-3,6H,5H2,(H2,11,12,14). The van der Waals surface area contributed by atoms with E-state index in [2.05, 4.69) is 10.6 Å². The maximum absolute atomic E-state index is 11.1. The van der Waals surface area contributed by atoms with Crippen molar-refractivity contribution in [1.29, 1.82) is 5.26 Å². The van der Waals surface area contributed by atoms with Crippen molar-refractivity contribution < 1.29 is 9.72 Å². The van der Waals surface area contributed by atoms with E-state index in [1.54, 1.807) is 6.07 Å². The second kappa shape index (κ2) is 5.31. The van der Waals surface area contributed by atoms with Gasteiger partial charge in [0.05, 0.1) is 11.0 Å². The molecule has 0 bridgehead atoms. The minimum Gasteiger partial charge on any atom is -0.325 e. The number of nitriles is 1. The molecule has 0 aromatic heterocycles. The van der Waals surface area contributed by atoms with Crippen LogP contribution in [0.4, 0.5) is 16.2 Å². The van der Waals surface area contributed by atoms with Gasteiger partial charge in [-0.3, -0.25) is 10.1 Å². The smallest absolute Gasteiger partial charge is 0.320 e. The molecular weight excluding hydrogens is 212 g/mol. The Morgan fingerprint density at radius 3 is 2.94 bits per heavy atom. The van der Waals surface area contributed by atoms with Gasteiger partial charge in [-0.25, -0.2) is 4.79 Å². The van der Waals surface area contributed by atoms with Crippen LogP contribution in [0.15, 0.2) is 24.3 Å². The quantitative estimate of drug-likeness (QED) is 0.453. The molecule has 0 saturated carbocycles. The van der Waals surface area contributed by atoms with E-state index in [0.29, 0.717) is 5.69 Å². The fourth-order valence-electron chi connectivity index (χ4n) is 0.992. The Morgan fingerprint density at radius 2 is 2.31 bits per heavy atom. The first-order valence-corrected chi connectivity index (χ1v) is 4.29. The number of nitrogens with zero attached hydrogens (tertiary/aromatic N) is 2. The number of benzene rings is 1. The molecule has 0 radical (unpaired) electrons. The molecule has 16 heavy (non-hydrogen) atoms. The second-order valence-electron chi connectivity index (χ2n) is 2.77. The number of non-ortho nitro benzene ring substituents is 1. The van der Waals surface area contributed by atoms with Gasteiger partial charge < -0.3 is 10.6 Å². The molecule has 7 heteroatoms. The minimum absolute atomic E-state index is 0.113. The molecular formula is C9H8N4O3. The number of carbonyl (C=O) groups excluding carboxylic acids is 1. The highest BCUT2D eigenvalue weighted by molar-refractivity contribution is 5.89. The van der Waals surface area contributed by atoms with Gasteiger partial charge in [0.15, 0.2) is 0 Å². The van der Waals surface area contributed by atoms with Crippen LogP contribution in [0.2, 0.25) is 0 Å². The maximum atomic E-state index is 11.1. The number of hydrogen-bond donors (Lipinski definition) is 2. The third-order valence-corrected chi connectivity index (χ3v) is 1.64. The summed E-state index contributed by atoms with van der Waals surface area (Å²) >= 11 is 0. The number of urea groups is 1. The summed E-state index contributed by atoms with van der Waals surface area (Å²) in [6.45, 7) is -0.124. The summed E-state index contributed by atoms with van der Waals surface area (Å²) in [5, 5.41) is 23.3. The Kier molecular flexibility index (Phi) is 3.80. The summed E-state index contributed by atoms with van der Waals surface area (Å²) < 4.78 is 0. The summed E-state index contributed by atoms with van der Waals surface area (Å²) in [5.41, 5.74) is 0.183. The van der Waals surface area contributed by atoms with E-state index < -0.39 is 11.0 Å². The summed E-state index contributed by atoms with van der Waals surface area (Å²) in [4.78, 5) is 21.0. The maximum Gasteiger partial charge on any atom is 0.320 e. The average molecular weight is 220 g/mol. The van der Waals surface area contributed by atoms with Gasteiger partial charge in [-0.15, -0.1) is 0 Å². The van der Waals surface area contributed by atoms with Crippen LogP contribution in [0.3, 0.4) is 0 Å². The van der Waals surface area contributed by atoms with Crippen molar-refractivity contribution in [3.8, 4) is 6.07 Å². The van der Waals surface area contributed by atoms with Crippen LogP contribution in [-0.4, -0.2) is 17.5 Å². The van der Waals surface area contributed by atoms with Crippen LogP contribution < -0.4 is 10.6 Å². The first-order valence-electron chi connectivity index (χ1n) is 4.29. The molecule has 0 spiro atoms. The van der Waals surface area contributed by atoms with E-state index in [4.69, 9.17) is 5.26 Å². The topological polar surface area (TPSA) is 108 Å². The highest BCUT2D eigenvalue weighted by Crippen LogP contribution is 2.16. The van der Waals surface area contributed by atoms with Crippen molar-refractivity contribution >= 4 is 17.4 Å². The Bertz CT molecular complexity index is 452. The van der Waals surface area contributed by atoms with Crippen molar-refractivity contribution in [1.82, 2.24) is 5.32 Å². The minimum atomic E-state index is -0.581. The van der Waals surface area contributed by atoms with Gasteiger partial charge in [-0.1, -0.05) is 6.07 Å². The van der Waals surface area contributed by atoms with Crippen LogP contribution in [-0.2, 0) is 0 Å². The summed E-state index contributed by atoms with van der Waals surface area (Å²) in [6.07, 6.45) is 0. The van der Waals surface area contributed by atoms with E-state index in [0.717, 1.165) is 0 Å². The molecule has 0 unspecified atom stereocenters. The number of amides is 2. The third-order valence-electron chi connectivity index (χ3n) is 1.64. The van der Waals surface area contributed by atoms with E-state index in [1.165, 1.54) is 24.3 Å². The van der Waals surface area contributed by atoms with Crippen LogP contribution in [0, 0.1) is 21.4 Å². The zero-order valence-electron chi connectivity index (χ0n) is 8.14. The molecule has 0 aliphatic rings. The van der Waals surface area contributed by atoms with Gasteiger partial charge in [0.1, 0.15) is 6.54 Å². The monoisotopic (exact) mass is 220 g/mol. The largest absolute Gasteiger partial charge is 0.325 e. The average Bonchev–Trinajstić information content (AvgIpc) is 2.26. The zero-order chi connectivity index (χ0) is 12.0. The van der Waals surface area contributed by atoms with Crippen molar-refractivity contribution in [2.75, 3.05) is 11.9 Å². The molecule has 0 aliphatic heterocycles. The van der Waals surface area contributed by atoms with Crippen molar-refractivity contribution in [2.45, 2.75) is 0 Å². The van der Waals surface area contributed by atoms with Gasteiger partial charge in [-0.2, -0.15) is 5.26 Å². The zero-order valence-corrected chi connectivity index (χ0v) is 8.14. The molecule has 2 amide bonds. The van der Waals surface area contributed by atoms with Gasteiger partial charge in [-0.05, 0) is 6.07 Å². The Balaban J connectivity index is 2.67. The van der Waals surface area contributed by atoms with Gasteiger partial charge in [0.25, 0.3) is 5.69 Å². The number of nitro benzene ring substituents is 1. The summed E-state index contributed by atoms with van der Waals surface area (Å²) in [7, 11) is 0. The number of nitro groups is 1.